The molecular weight excluding hydrogens is 226 g/mol. The van der Waals surface area contributed by atoms with Crippen molar-refractivity contribution in [3.63, 3.8) is 0 Å². The van der Waals surface area contributed by atoms with E-state index >= 15 is 0 Å². The van der Waals surface area contributed by atoms with Crippen molar-refractivity contribution in [3.8, 4) is 16.9 Å². The predicted octanol–water partition coefficient (Wildman–Crippen LogP) is 2.39. The molecule has 0 saturated carbocycles. The van der Waals surface area contributed by atoms with Gasteiger partial charge in [-0.2, -0.15) is 5.10 Å². The van der Waals surface area contributed by atoms with Crippen LogP contribution in [0.15, 0.2) is 30.5 Å². The smallest absolute Gasteiger partial charge is 0.175 e. The van der Waals surface area contributed by atoms with Gasteiger partial charge in [-0.3, -0.25) is 0 Å². The first kappa shape index (κ1) is 10.7. The predicted molar refractivity (Wildman–Crippen MR) is 63.4 cm³/mol. The van der Waals surface area contributed by atoms with Gasteiger partial charge < -0.3 is 10.5 Å². The summed E-state index contributed by atoms with van der Waals surface area (Å²) >= 11 is 5.81. The number of rotatable bonds is 2. The average molecular weight is 236 g/mol. The first-order chi connectivity index (χ1) is 7.72. The summed E-state index contributed by atoms with van der Waals surface area (Å²) in [5.41, 5.74) is 7.90. The van der Waals surface area contributed by atoms with Gasteiger partial charge in [-0.05, 0) is 17.7 Å². The lowest BCUT2D eigenvalue weighted by molar-refractivity contribution is 0.415. The Bertz CT molecular complexity index is 516. The van der Waals surface area contributed by atoms with Crippen molar-refractivity contribution in [2.75, 3.05) is 12.8 Å². The molecule has 1 heterocycles. The lowest BCUT2D eigenvalue weighted by atomic mass is 10.1. The van der Waals surface area contributed by atoms with Crippen LogP contribution < -0.4 is 10.5 Å². The maximum atomic E-state index is 5.83. The Labute approximate surface area is 98.0 Å². The van der Waals surface area contributed by atoms with Crippen molar-refractivity contribution in [1.29, 1.82) is 0 Å². The summed E-state index contributed by atoms with van der Waals surface area (Å²) < 4.78 is 5.14. The highest BCUT2D eigenvalue weighted by Crippen LogP contribution is 2.30. The zero-order valence-electron chi connectivity index (χ0n) is 8.64. The van der Waals surface area contributed by atoms with E-state index in [9.17, 15) is 0 Å². The fraction of sp³-hybridized carbons (Fsp3) is 0.0909. The number of hydrogen-bond acceptors (Lipinski definition) is 4. The zero-order chi connectivity index (χ0) is 11.5. The highest BCUT2D eigenvalue weighted by Gasteiger charge is 2.08. The summed E-state index contributed by atoms with van der Waals surface area (Å²) in [6.45, 7) is 0. The second kappa shape index (κ2) is 4.37. The van der Waals surface area contributed by atoms with Crippen molar-refractivity contribution in [2.24, 2.45) is 0 Å². The van der Waals surface area contributed by atoms with Crippen molar-refractivity contribution in [3.05, 3.63) is 35.6 Å². The van der Waals surface area contributed by atoms with Crippen molar-refractivity contribution in [1.82, 2.24) is 10.2 Å². The fourth-order valence-corrected chi connectivity index (χ4v) is 1.54. The molecule has 0 aliphatic rings. The van der Waals surface area contributed by atoms with E-state index in [1.54, 1.807) is 13.3 Å². The summed E-state index contributed by atoms with van der Waals surface area (Å²) in [6, 6.07) is 7.51. The number of methoxy groups -OCH3 is 1. The third-order valence-corrected chi connectivity index (χ3v) is 2.50. The molecule has 0 aliphatic heterocycles. The number of nitrogen functional groups attached to an aromatic ring is 1. The molecule has 0 atom stereocenters. The molecule has 0 radical (unpaired) electrons. The van der Waals surface area contributed by atoms with E-state index in [-0.39, 0.29) is 5.15 Å². The first-order valence-corrected chi connectivity index (χ1v) is 5.01. The van der Waals surface area contributed by atoms with Gasteiger partial charge in [0.1, 0.15) is 5.75 Å². The molecule has 0 unspecified atom stereocenters. The van der Waals surface area contributed by atoms with Gasteiger partial charge in [0.2, 0.25) is 0 Å². The lowest BCUT2D eigenvalue weighted by Gasteiger charge is -2.07. The number of hydrogen-bond donors (Lipinski definition) is 1. The molecule has 0 aliphatic carbocycles. The van der Waals surface area contributed by atoms with E-state index in [4.69, 9.17) is 22.1 Å². The third-order valence-electron chi connectivity index (χ3n) is 2.23. The molecule has 4 nitrogen and oxygen atoms in total. The van der Waals surface area contributed by atoms with Crippen LogP contribution >= 0.6 is 11.6 Å². The minimum absolute atomic E-state index is 0.209. The number of anilines is 1. The zero-order valence-corrected chi connectivity index (χ0v) is 9.40. The van der Waals surface area contributed by atoms with Crippen LogP contribution in [-0.2, 0) is 0 Å². The molecule has 0 fully saturated rings. The van der Waals surface area contributed by atoms with Crippen LogP contribution in [0.4, 0.5) is 5.69 Å². The Morgan fingerprint density at radius 2 is 2.19 bits per heavy atom. The Balaban J connectivity index is 2.54. The van der Waals surface area contributed by atoms with Gasteiger partial charge >= 0.3 is 0 Å². The molecule has 1 aromatic carbocycles. The van der Waals surface area contributed by atoms with Crippen LogP contribution in [-0.4, -0.2) is 17.3 Å². The number of nitrogens with two attached hydrogens (primary N) is 1. The standard InChI is InChI=1S/C11H10ClN3O/c1-16-8-4-2-3-7(5-8)9-6-14-15-11(12)10(9)13/h2-6H,1H3,(H2,13,14). The number of aromatic nitrogens is 2. The minimum atomic E-state index is 0.209. The van der Waals surface area contributed by atoms with E-state index in [0.29, 0.717) is 5.69 Å². The molecule has 0 amide bonds. The van der Waals surface area contributed by atoms with Crippen molar-refractivity contribution in [2.45, 2.75) is 0 Å². The first-order valence-electron chi connectivity index (χ1n) is 4.63. The number of nitrogens with zero attached hydrogens (tertiary/aromatic N) is 2. The number of benzene rings is 1. The second-order valence-electron chi connectivity index (χ2n) is 3.19. The average Bonchev–Trinajstić information content (AvgIpc) is 2.33. The van der Waals surface area contributed by atoms with E-state index in [1.807, 2.05) is 24.3 Å². The van der Waals surface area contributed by atoms with Gasteiger partial charge in [-0.1, -0.05) is 23.7 Å². The maximum Gasteiger partial charge on any atom is 0.175 e. The molecule has 0 bridgehead atoms. The number of halogens is 1. The Hall–Kier alpha value is -1.81. The highest BCUT2D eigenvalue weighted by molar-refractivity contribution is 6.32. The normalized spacial score (nSPS) is 10.1. The summed E-state index contributed by atoms with van der Waals surface area (Å²) in [5.74, 6) is 0.754. The molecule has 5 heteroatoms. The van der Waals surface area contributed by atoms with Crippen LogP contribution in [0.1, 0.15) is 0 Å². The van der Waals surface area contributed by atoms with Crippen molar-refractivity contribution >= 4 is 17.3 Å². The van der Waals surface area contributed by atoms with Crippen LogP contribution in [0.25, 0.3) is 11.1 Å². The maximum absolute atomic E-state index is 5.83. The van der Waals surface area contributed by atoms with Crippen LogP contribution in [0.2, 0.25) is 5.15 Å². The fourth-order valence-electron chi connectivity index (χ4n) is 1.39. The highest BCUT2D eigenvalue weighted by atomic mass is 35.5. The second-order valence-corrected chi connectivity index (χ2v) is 3.55. The third kappa shape index (κ3) is 1.92. The summed E-state index contributed by atoms with van der Waals surface area (Å²) in [4.78, 5) is 0. The Kier molecular flexibility index (Phi) is 2.92. The minimum Gasteiger partial charge on any atom is -0.497 e. The van der Waals surface area contributed by atoms with Crippen LogP contribution in [0, 0.1) is 0 Å². The molecular formula is C11H10ClN3O. The monoisotopic (exact) mass is 235 g/mol. The SMILES string of the molecule is COc1cccc(-c2cnnc(Cl)c2N)c1. The van der Waals surface area contributed by atoms with Crippen LogP contribution in [0.3, 0.4) is 0 Å². The largest absolute Gasteiger partial charge is 0.497 e. The van der Waals surface area contributed by atoms with Gasteiger partial charge in [0.05, 0.1) is 19.0 Å². The number of ether oxygens (including phenoxy) is 1. The summed E-state index contributed by atoms with van der Waals surface area (Å²) in [6.07, 6.45) is 1.58. The quantitative estimate of drug-likeness (QED) is 0.868. The van der Waals surface area contributed by atoms with Gasteiger partial charge in [0.25, 0.3) is 0 Å². The Morgan fingerprint density at radius 3 is 2.94 bits per heavy atom. The summed E-state index contributed by atoms with van der Waals surface area (Å²) in [5, 5.41) is 7.65. The van der Waals surface area contributed by atoms with Crippen molar-refractivity contribution < 1.29 is 4.74 Å². The molecule has 2 rings (SSSR count). The van der Waals surface area contributed by atoms with Gasteiger partial charge in [0, 0.05) is 5.56 Å². The molecule has 2 N–H and O–H groups in total. The molecule has 0 saturated heterocycles. The molecule has 2 aromatic rings. The molecule has 1 aromatic heterocycles. The Morgan fingerprint density at radius 1 is 1.38 bits per heavy atom. The molecule has 16 heavy (non-hydrogen) atoms. The van der Waals surface area contributed by atoms with E-state index in [1.165, 1.54) is 0 Å². The summed E-state index contributed by atoms with van der Waals surface area (Å²) in [7, 11) is 1.61. The molecule has 82 valence electrons. The van der Waals surface area contributed by atoms with E-state index in [2.05, 4.69) is 10.2 Å². The van der Waals surface area contributed by atoms with Crippen LogP contribution in [0.5, 0.6) is 5.75 Å². The topological polar surface area (TPSA) is 61.0 Å². The van der Waals surface area contributed by atoms with E-state index < -0.39 is 0 Å². The van der Waals surface area contributed by atoms with Gasteiger partial charge in [-0.15, -0.1) is 5.10 Å². The lowest BCUT2D eigenvalue weighted by Crippen LogP contribution is -1.95. The van der Waals surface area contributed by atoms with E-state index in [0.717, 1.165) is 16.9 Å². The van der Waals surface area contributed by atoms with Gasteiger partial charge in [-0.25, -0.2) is 0 Å². The van der Waals surface area contributed by atoms with Gasteiger partial charge in [0.15, 0.2) is 5.15 Å². The molecule has 0 spiro atoms.